The van der Waals surface area contributed by atoms with Crippen molar-refractivity contribution in [1.82, 2.24) is 69.0 Å². The van der Waals surface area contributed by atoms with Crippen LogP contribution in [0.4, 0.5) is 29.2 Å². The highest BCUT2D eigenvalue weighted by molar-refractivity contribution is 5.60. The number of pyridine rings is 2. The van der Waals surface area contributed by atoms with Gasteiger partial charge in [0.05, 0.1) is 24.5 Å². The first-order chi connectivity index (χ1) is 46.0. The van der Waals surface area contributed by atoms with E-state index in [0.29, 0.717) is 81.4 Å². The molecule has 16 nitrogen and oxygen atoms in total. The first kappa shape index (κ1) is 82.9. The molecule has 0 fully saturated rings. The first-order valence-electron chi connectivity index (χ1n) is 31.3. The Balaban J connectivity index is 0.000000603. The monoisotopic (exact) mass is 1300 g/mol. The number of aryl methyl sites for hydroxylation is 2. The standard InChI is InChI=1S/C16H11FN4.C16H14FN3.C15H10FN5.C15H13FN4.6C2H6.2CH4/c1-18-16-10-15(14-8-4-5-9-19-14)20-21(16)11-12-6-2-3-7-13(12)17;1-12-10-16(15-8-4-5-9-18-15)19-20(12)11-13-6-2-3-7-14(13)17;1-17-14-9-13(15-18-7-4-8-19-15)20-21(14)10-11-5-2-3-6-12(11)16;1-11-9-14(15-17-7-4-8-18-15)19-20(11)10-12-5-2-3-6-13(12)16;6*1-2;;/h2-10H,11H2;2-10H,11H2,1H3;2-9H,10H2;2-9H,10H2,1H3;6*1-2H3;2*1H4. The van der Waals surface area contributed by atoms with Crippen LogP contribution in [0.1, 0.15) is 132 Å². The number of halogens is 4. The van der Waals surface area contributed by atoms with E-state index in [1.807, 2.05) is 158 Å². The lowest BCUT2D eigenvalue weighted by molar-refractivity contribution is 0.580. The van der Waals surface area contributed by atoms with E-state index in [9.17, 15) is 17.6 Å². The van der Waals surface area contributed by atoms with Crippen molar-refractivity contribution in [1.29, 1.82) is 0 Å². The van der Waals surface area contributed by atoms with Crippen LogP contribution >= 0.6 is 0 Å². The highest BCUT2D eigenvalue weighted by Crippen LogP contribution is 2.26. The summed E-state index contributed by atoms with van der Waals surface area (Å²) in [6, 6.07) is 48.2. The van der Waals surface area contributed by atoms with E-state index in [-0.39, 0.29) is 51.2 Å². The molecule has 12 rings (SSSR count). The lowest BCUT2D eigenvalue weighted by Gasteiger charge is -2.05. The number of benzene rings is 4. The van der Waals surface area contributed by atoms with E-state index in [0.717, 1.165) is 22.8 Å². The first-order valence-corrected chi connectivity index (χ1v) is 31.3. The molecule has 12 aromatic rings. The highest BCUT2D eigenvalue weighted by atomic mass is 19.1. The van der Waals surface area contributed by atoms with Gasteiger partial charge in [-0.05, 0) is 98.8 Å². The number of hydrogen-bond donors (Lipinski definition) is 0. The van der Waals surface area contributed by atoms with Gasteiger partial charge in [0.25, 0.3) is 11.6 Å². The van der Waals surface area contributed by atoms with E-state index < -0.39 is 0 Å². The molecule has 0 spiro atoms. The van der Waals surface area contributed by atoms with Gasteiger partial charge in [0.2, 0.25) is 0 Å². The third-order valence-electron chi connectivity index (χ3n) is 12.3. The molecule has 0 saturated heterocycles. The van der Waals surface area contributed by atoms with Crippen molar-refractivity contribution in [3.8, 4) is 45.8 Å². The van der Waals surface area contributed by atoms with Crippen LogP contribution in [0.15, 0.2) is 207 Å². The van der Waals surface area contributed by atoms with Crippen molar-refractivity contribution in [2.75, 3.05) is 0 Å². The number of aromatic nitrogens is 14. The molecule has 504 valence electrons. The van der Waals surface area contributed by atoms with Gasteiger partial charge in [0, 0.05) is 70.8 Å². The summed E-state index contributed by atoms with van der Waals surface area (Å²) in [6.45, 7) is 43.6. The molecule has 0 aliphatic heterocycles. The zero-order chi connectivity index (χ0) is 69.2. The van der Waals surface area contributed by atoms with Crippen LogP contribution in [0.2, 0.25) is 0 Å². The Morgan fingerprint density at radius 3 is 0.875 bits per heavy atom. The molecule has 0 aliphatic rings. The summed E-state index contributed by atoms with van der Waals surface area (Å²) in [4.78, 5) is 31.9. The molecular formula is C76H92F4N16. The molecule has 0 unspecified atom stereocenters. The third kappa shape index (κ3) is 25.1. The SMILES string of the molecule is C.C.CC.CC.CC.CC.CC.CC.Cc1cc(-c2ccccn2)nn1Cc1ccccc1F.Cc1cc(-c2ncccn2)nn1Cc1ccccc1F.[C-]#[N+]c1cc(-c2ccccn2)nn1Cc1ccccc1F.[C-]#[N+]c1cc(-c2ncccn2)nn1Cc1ccccc1F. The Hall–Kier alpha value is -11.1. The van der Waals surface area contributed by atoms with E-state index in [1.165, 1.54) is 33.6 Å². The van der Waals surface area contributed by atoms with E-state index in [4.69, 9.17) is 13.1 Å². The topological polar surface area (TPSA) is 157 Å². The minimum absolute atomic E-state index is 0. The largest absolute Gasteiger partial charge is 0.362 e. The van der Waals surface area contributed by atoms with Crippen molar-refractivity contribution in [2.45, 2.75) is 138 Å². The summed E-state index contributed by atoms with van der Waals surface area (Å²) < 4.78 is 61.3. The summed E-state index contributed by atoms with van der Waals surface area (Å²) in [6.07, 6.45) is 9.97. The van der Waals surface area contributed by atoms with Gasteiger partial charge in [-0.25, -0.2) is 37.5 Å². The summed E-state index contributed by atoms with van der Waals surface area (Å²) in [7, 11) is 0. The second-order valence-corrected chi connectivity index (χ2v) is 17.9. The van der Waals surface area contributed by atoms with Gasteiger partial charge < -0.3 is 9.69 Å². The smallest absolute Gasteiger partial charge is 0.253 e. The second-order valence-electron chi connectivity index (χ2n) is 17.9. The molecule has 0 aliphatic carbocycles. The average molecular weight is 1310 g/mol. The molecule has 0 atom stereocenters. The average Bonchev–Trinajstić information content (AvgIpc) is 1.79. The lowest BCUT2D eigenvalue weighted by atomic mass is 10.2. The molecule has 8 aromatic heterocycles. The molecule has 0 bridgehead atoms. The number of nitrogens with zero attached hydrogens (tertiary/aromatic N) is 16. The maximum Gasteiger partial charge on any atom is 0.253 e. The van der Waals surface area contributed by atoms with E-state index >= 15 is 0 Å². The third-order valence-corrected chi connectivity index (χ3v) is 12.3. The van der Waals surface area contributed by atoms with Crippen LogP contribution in [-0.4, -0.2) is 69.0 Å². The number of hydrogen-bond acceptors (Lipinski definition) is 10. The van der Waals surface area contributed by atoms with Gasteiger partial charge in [0.15, 0.2) is 11.6 Å². The molecule has 4 aromatic carbocycles. The van der Waals surface area contributed by atoms with Crippen LogP contribution in [0.5, 0.6) is 0 Å². The fourth-order valence-corrected chi connectivity index (χ4v) is 8.08. The van der Waals surface area contributed by atoms with Crippen LogP contribution in [-0.2, 0) is 26.2 Å². The van der Waals surface area contributed by atoms with Crippen LogP contribution in [0, 0.1) is 50.3 Å². The number of rotatable bonds is 12. The molecule has 8 heterocycles. The normalized spacial score (nSPS) is 9.33. The highest BCUT2D eigenvalue weighted by Gasteiger charge is 2.17. The van der Waals surface area contributed by atoms with Crippen molar-refractivity contribution < 1.29 is 17.6 Å². The zero-order valence-corrected chi connectivity index (χ0v) is 56.1. The van der Waals surface area contributed by atoms with Gasteiger partial charge in [-0.2, -0.15) is 19.6 Å². The molecule has 0 amide bonds. The molecule has 0 radical (unpaired) electrons. The minimum Gasteiger partial charge on any atom is -0.362 e. The molecule has 96 heavy (non-hydrogen) atoms. The van der Waals surface area contributed by atoms with Crippen molar-refractivity contribution in [3.05, 3.63) is 287 Å². The quantitative estimate of drug-likeness (QED) is 0.0852. The Morgan fingerprint density at radius 1 is 0.302 bits per heavy atom. The second kappa shape index (κ2) is 46.9. The molecular weight excluding hydrogens is 1210 g/mol. The zero-order valence-electron chi connectivity index (χ0n) is 56.1. The van der Waals surface area contributed by atoms with E-state index in [2.05, 4.69) is 60.0 Å². The fraction of sp³-hybridized carbons (Fsp3) is 0.263. The molecule has 20 heteroatoms. The predicted octanol–water partition coefficient (Wildman–Crippen LogP) is 20.5. The minimum atomic E-state index is -0.318. The predicted molar refractivity (Wildman–Crippen MR) is 383 cm³/mol. The Kier molecular flexibility index (Phi) is 40.5. The molecule has 0 saturated carbocycles. The maximum atomic E-state index is 13.7. The fourth-order valence-electron chi connectivity index (χ4n) is 8.08. The summed E-state index contributed by atoms with van der Waals surface area (Å²) in [5.41, 5.74) is 8.26. The van der Waals surface area contributed by atoms with Crippen molar-refractivity contribution >= 4 is 11.6 Å². The molecule has 0 N–H and O–H groups in total. The van der Waals surface area contributed by atoms with Gasteiger partial charge in [0.1, 0.15) is 59.1 Å². The van der Waals surface area contributed by atoms with Crippen LogP contribution in [0.25, 0.3) is 55.5 Å². The lowest BCUT2D eigenvalue weighted by Crippen LogP contribution is -2.05. The van der Waals surface area contributed by atoms with Gasteiger partial charge in [-0.3, -0.25) is 19.3 Å². The Labute approximate surface area is 566 Å². The summed E-state index contributed by atoms with van der Waals surface area (Å²) >= 11 is 0. The van der Waals surface area contributed by atoms with Gasteiger partial charge in [-0.1, -0.05) is 206 Å². The van der Waals surface area contributed by atoms with Crippen LogP contribution < -0.4 is 0 Å². The van der Waals surface area contributed by atoms with Gasteiger partial charge in [-0.15, -0.1) is 0 Å². The van der Waals surface area contributed by atoms with Gasteiger partial charge >= 0.3 is 0 Å². The summed E-state index contributed by atoms with van der Waals surface area (Å²) in [5, 5.41) is 17.6. The Bertz CT molecular complexity index is 3850. The van der Waals surface area contributed by atoms with Crippen LogP contribution in [0.3, 0.4) is 0 Å². The van der Waals surface area contributed by atoms with Crippen molar-refractivity contribution in [2.24, 2.45) is 0 Å². The maximum absolute atomic E-state index is 13.7. The summed E-state index contributed by atoms with van der Waals surface area (Å²) in [5.74, 6) is 0.642. The Morgan fingerprint density at radius 2 is 0.552 bits per heavy atom. The van der Waals surface area contributed by atoms with Crippen molar-refractivity contribution in [3.63, 3.8) is 0 Å². The van der Waals surface area contributed by atoms with E-state index in [1.54, 1.807) is 131 Å².